The molecule has 0 saturated heterocycles. The fourth-order valence-corrected chi connectivity index (χ4v) is 1.46. The van der Waals surface area contributed by atoms with Gasteiger partial charge in [0.05, 0.1) is 13.2 Å². The molecule has 17 heavy (non-hydrogen) atoms. The quantitative estimate of drug-likeness (QED) is 0.812. The molecule has 1 N–H and O–H groups in total. The van der Waals surface area contributed by atoms with Crippen LogP contribution in [0.1, 0.15) is 12.5 Å². The minimum atomic E-state index is -0.299. The van der Waals surface area contributed by atoms with Crippen LogP contribution >= 0.6 is 0 Å². The summed E-state index contributed by atoms with van der Waals surface area (Å²) >= 11 is 0. The van der Waals surface area contributed by atoms with Crippen molar-refractivity contribution in [1.29, 1.82) is 0 Å². The molecule has 0 amide bonds. The lowest BCUT2D eigenvalue weighted by Gasteiger charge is -2.21. The summed E-state index contributed by atoms with van der Waals surface area (Å²) < 4.78 is 12.7. The van der Waals surface area contributed by atoms with Crippen LogP contribution in [0, 0.1) is 5.82 Å². The second-order valence-corrected chi connectivity index (χ2v) is 4.29. The number of benzene rings is 1. The number of aliphatic hydroxyl groups excluding tert-OH is 1. The predicted octanol–water partition coefficient (Wildman–Crippen LogP) is 1.25. The van der Waals surface area contributed by atoms with Gasteiger partial charge >= 0.3 is 0 Å². The average Bonchev–Trinajstić information content (AvgIpc) is 2.30. The van der Waals surface area contributed by atoms with Crippen LogP contribution < -0.4 is 0 Å². The van der Waals surface area contributed by atoms with E-state index >= 15 is 0 Å². The topological polar surface area (TPSA) is 40.5 Å². The Labute approximate surface area is 101 Å². The summed E-state index contributed by atoms with van der Waals surface area (Å²) in [6.07, 6.45) is 0.294. The third-order valence-corrected chi connectivity index (χ3v) is 2.76. The number of hydrogen-bond donors (Lipinski definition) is 1. The maximum Gasteiger partial charge on any atom is 0.151 e. The van der Waals surface area contributed by atoms with Crippen molar-refractivity contribution in [3.05, 3.63) is 35.6 Å². The van der Waals surface area contributed by atoms with Gasteiger partial charge in [0.15, 0.2) is 5.78 Å². The van der Waals surface area contributed by atoms with Gasteiger partial charge in [-0.15, -0.1) is 0 Å². The van der Waals surface area contributed by atoms with Crippen molar-refractivity contribution in [3.8, 4) is 0 Å². The second-order valence-electron chi connectivity index (χ2n) is 4.29. The van der Waals surface area contributed by atoms with Crippen molar-refractivity contribution in [2.45, 2.75) is 19.4 Å². The largest absolute Gasteiger partial charge is 0.395 e. The number of carbonyl (C=O) groups excluding carboxylic acids is 1. The molecule has 1 rings (SSSR count). The summed E-state index contributed by atoms with van der Waals surface area (Å²) in [6.45, 7) is 2.17. The van der Waals surface area contributed by atoms with Gasteiger partial charge in [0.2, 0.25) is 0 Å². The zero-order chi connectivity index (χ0) is 12.8. The van der Waals surface area contributed by atoms with E-state index in [0.29, 0.717) is 13.0 Å². The smallest absolute Gasteiger partial charge is 0.151 e. The molecule has 0 aliphatic carbocycles. The van der Waals surface area contributed by atoms with Crippen LogP contribution in [0.2, 0.25) is 0 Å². The monoisotopic (exact) mass is 239 g/mol. The highest BCUT2D eigenvalue weighted by molar-refractivity contribution is 5.82. The van der Waals surface area contributed by atoms with E-state index in [1.807, 2.05) is 6.92 Å². The van der Waals surface area contributed by atoms with Crippen LogP contribution in [-0.2, 0) is 11.2 Å². The van der Waals surface area contributed by atoms with Crippen molar-refractivity contribution in [3.63, 3.8) is 0 Å². The van der Waals surface area contributed by atoms with E-state index in [0.717, 1.165) is 5.56 Å². The summed E-state index contributed by atoms with van der Waals surface area (Å²) in [7, 11) is 1.80. The summed E-state index contributed by atoms with van der Waals surface area (Å²) in [5.41, 5.74) is 0.807. The maximum atomic E-state index is 12.7. The van der Waals surface area contributed by atoms with E-state index in [-0.39, 0.29) is 24.2 Å². The first kappa shape index (κ1) is 13.8. The summed E-state index contributed by atoms with van der Waals surface area (Å²) in [5, 5.41) is 8.94. The number of carbonyl (C=O) groups is 1. The molecule has 0 heterocycles. The molecule has 0 radical (unpaired) electrons. The molecular formula is C13H18FNO2. The molecule has 0 fully saturated rings. The number of nitrogens with zero attached hydrogens (tertiary/aromatic N) is 1. The Morgan fingerprint density at radius 3 is 2.53 bits per heavy atom. The van der Waals surface area contributed by atoms with Crippen molar-refractivity contribution in [2.24, 2.45) is 0 Å². The number of halogens is 1. The van der Waals surface area contributed by atoms with E-state index in [1.165, 1.54) is 12.1 Å². The Kier molecular flexibility index (Phi) is 5.25. The molecule has 1 unspecified atom stereocenters. The molecule has 94 valence electrons. The third kappa shape index (κ3) is 4.63. The van der Waals surface area contributed by atoms with Gasteiger partial charge in [-0.2, -0.15) is 0 Å². The Bertz CT molecular complexity index is 364. The van der Waals surface area contributed by atoms with Crippen LogP contribution in [0.4, 0.5) is 4.39 Å². The molecule has 0 saturated carbocycles. The van der Waals surface area contributed by atoms with E-state index in [1.54, 1.807) is 24.1 Å². The lowest BCUT2D eigenvalue weighted by molar-refractivity contribution is -0.119. The van der Waals surface area contributed by atoms with Gasteiger partial charge in [-0.3, -0.25) is 9.69 Å². The average molecular weight is 239 g/mol. The van der Waals surface area contributed by atoms with Crippen LogP contribution in [0.3, 0.4) is 0 Å². The Morgan fingerprint density at radius 1 is 1.41 bits per heavy atom. The SMILES string of the molecule is CC(CO)N(C)CC(=O)Cc1ccc(F)cc1. The molecule has 1 atom stereocenters. The van der Waals surface area contributed by atoms with Gasteiger partial charge in [-0.05, 0) is 31.7 Å². The zero-order valence-corrected chi connectivity index (χ0v) is 10.2. The fourth-order valence-electron chi connectivity index (χ4n) is 1.46. The van der Waals surface area contributed by atoms with E-state index in [2.05, 4.69) is 0 Å². The minimum absolute atomic E-state index is 0.0281. The van der Waals surface area contributed by atoms with Crippen molar-refractivity contribution in [2.75, 3.05) is 20.2 Å². The summed E-state index contributed by atoms with van der Waals surface area (Å²) in [4.78, 5) is 13.5. The molecule has 0 spiro atoms. The number of ketones is 1. The number of hydrogen-bond acceptors (Lipinski definition) is 3. The molecule has 0 aliphatic heterocycles. The Hall–Kier alpha value is -1.26. The minimum Gasteiger partial charge on any atom is -0.395 e. The van der Waals surface area contributed by atoms with E-state index in [4.69, 9.17) is 5.11 Å². The molecular weight excluding hydrogens is 221 g/mol. The molecule has 4 heteroatoms. The van der Waals surface area contributed by atoms with Crippen molar-refractivity contribution < 1.29 is 14.3 Å². The third-order valence-electron chi connectivity index (χ3n) is 2.76. The standard InChI is InChI=1S/C13H18FNO2/c1-10(9-16)15(2)8-13(17)7-11-3-5-12(14)6-4-11/h3-6,10,16H,7-9H2,1-2H3. The van der Waals surface area contributed by atoms with Crippen LogP contribution in [-0.4, -0.2) is 42.0 Å². The normalized spacial score (nSPS) is 12.8. The second kappa shape index (κ2) is 6.47. The van der Waals surface area contributed by atoms with Gasteiger partial charge in [0.1, 0.15) is 5.82 Å². The summed E-state index contributed by atoms with van der Waals surface area (Å²) in [5.74, 6) is -0.244. The van der Waals surface area contributed by atoms with Gasteiger partial charge < -0.3 is 5.11 Å². The van der Waals surface area contributed by atoms with Gasteiger partial charge in [-0.1, -0.05) is 12.1 Å². The highest BCUT2D eigenvalue weighted by atomic mass is 19.1. The molecule has 1 aromatic rings. The molecule has 0 aromatic heterocycles. The summed E-state index contributed by atoms with van der Waals surface area (Å²) in [6, 6.07) is 5.89. The number of aliphatic hydroxyl groups is 1. The molecule has 3 nitrogen and oxygen atoms in total. The molecule has 0 aliphatic rings. The number of Topliss-reactive ketones (excluding diaryl/α,β-unsaturated/α-hetero) is 1. The van der Waals surface area contributed by atoms with Gasteiger partial charge in [0.25, 0.3) is 0 Å². The fraction of sp³-hybridized carbons (Fsp3) is 0.462. The highest BCUT2D eigenvalue weighted by Gasteiger charge is 2.12. The van der Waals surface area contributed by atoms with Gasteiger partial charge in [0, 0.05) is 12.5 Å². The lowest BCUT2D eigenvalue weighted by atomic mass is 10.1. The number of rotatable bonds is 6. The highest BCUT2D eigenvalue weighted by Crippen LogP contribution is 2.05. The van der Waals surface area contributed by atoms with Crippen LogP contribution in [0.15, 0.2) is 24.3 Å². The predicted molar refractivity (Wildman–Crippen MR) is 64.3 cm³/mol. The van der Waals surface area contributed by atoms with Crippen LogP contribution in [0.25, 0.3) is 0 Å². The first-order valence-corrected chi connectivity index (χ1v) is 5.60. The lowest BCUT2D eigenvalue weighted by Crippen LogP contribution is -2.36. The van der Waals surface area contributed by atoms with Crippen molar-refractivity contribution >= 4 is 5.78 Å². The van der Waals surface area contributed by atoms with Gasteiger partial charge in [-0.25, -0.2) is 4.39 Å². The Balaban J connectivity index is 2.47. The first-order chi connectivity index (χ1) is 8.02. The first-order valence-electron chi connectivity index (χ1n) is 5.60. The van der Waals surface area contributed by atoms with E-state index < -0.39 is 0 Å². The van der Waals surface area contributed by atoms with Crippen molar-refractivity contribution in [1.82, 2.24) is 4.90 Å². The van der Waals surface area contributed by atoms with Crippen LogP contribution in [0.5, 0.6) is 0 Å². The molecule has 1 aromatic carbocycles. The number of likely N-dealkylation sites (N-methyl/N-ethyl adjacent to an activating group) is 1. The molecule has 0 bridgehead atoms. The maximum absolute atomic E-state index is 12.7. The zero-order valence-electron chi connectivity index (χ0n) is 10.2. The van der Waals surface area contributed by atoms with E-state index in [9.17, 15) is 9.18 Å². The Morgan fingerprint density at radius 2 is 2.00 bits per heavy atom.